The summed E-state index contributed by atoms with van der Waals surface area (Å²) in [7, 11) is 3.30. The number of Topliss-reactive ketones (excluding diaryl/α,β-unsaturated/α-hetero) is 1. The van der Waals surface area contributed by atoms with Crippen molar-refractivity contribution in [2.45, 2.75) is 31.6 Å². The van der Waals surface area contributed by atoms with E-state index in [1.807, 2.05) is 55.5 Å². The second-order valence-corrected chi connectivity index (χ2v) is 8.04. The van der Waals surface area contributed by atoms with E-state index in [4.69, 9.17) is 14.0 Å². The minimum absolute atomic E-state index is 0.103. The average Bonchev–Trinajstić information content (AvgIpc) is 3.18. The molecule has 1 N–H and O–H groups in total. The molecular formula is C25H24N2O4. The molecule has 0 unspecified atom stereocenters. The second kappa shape index (κ2) is 7.61. The van der Waals surface area contributed by atoms with E-state index in [9.17, 15) is 4.79 Å². The van der Waals surface area contributed by atoms with Crippen LogP contribution < -0.4 is 14.8 Å². The standard InChI is InChI=1S/C25H24N2O4/c1-14-22-23(16-6-10-19(30-3)11-7-16)24-20(26-25(22)31-27-14)12-17(13-21(24)28)15-4-8-18(29-2)9-5-15/h4-11,17,23,26H,12-13H2,1-3H3/t17-,23-/m0/s1. The molecule has 2 aromatic carbocycles. The van der Waals surface area contributed by atoms with Crippen LogP contribution in [0.3, 0.4) is 0 Å². The van der Waals surface area contributed by atoms with Gasteiger partial charge in [0, 0.05) is 23.6 Å². The van der Waals surface area contributed by atoms with Gasteiger partial charge in [-0.15, -0.1) is 0 Å². The Morgan fingerprint density at radius 3 is 2.16 bits per heavy atom. The lowest BCUT2D eigenvalue weighted by Gasteiger charge is -2.34. The smallest absolute Gasteiger partial charge is 0.233 e. The number of fused-ring (bicyclic) bond motifs is 1. The minimum Gasteiger partial charge on any atom is -0.497 e. The zero-order valence-electron chi connectivity index (χ0n) is 17.8. The molecule has 3 aromatic rings. The molecule has 0 spiro atoms. The molecule has 0 saturated heterocycles. The highest BCUT2D eigenvalue weighted by atomic mass is 16.5. The summed E-state index contributed by atoms with van der Waals surface area (Å²) < 4.78 is 16.2. The summed E-state index contributed by atoms with van der Waals surface area (Å²) in [4.78, 5) is 13.5. The summed E-state index contributed by atoms with van der Waals surface area (Å²) >= 11 is 0. The van der Waals surface area contributed by atoms with Gasteiger partial charge in [-0.25, -0.2) is 0 Å². The number of hydrogen-bond donors (Lipinski definition) is 1. The summed E-state index contributed by atoms with van der Waals surface area (Å²) in [5.41, 5.74) is 5.61. The van der Waals surface area contributed by atoms with E-state index < -0.39 is 0 Å². The lowest BCUT2D eigenvalue weighted by atomic mass is 9.72. The maximum atomic E-state index is 13.5. The molecule has 2 atom stereocenters. The Balaban J connectivity index is 1.56. The first-order valence-corrected chi connectivity index (χ1v) is 10.4. The van der Waals surface area contributed by atoms with Crippen LogP contribution in [0.5, 0.6) is 11.5 Å². The quantitative estimate of drug-likeness (QED) is 0.648. The van der Waals surface area contributed by atoms with Crippen LogP contribution in [0.1, 0.15) is 47.1 Å². The second-order valence-electron chi connectivity index (χ2n) is 8.04. The van der Waals surface area contributed by atoms with Gasteiger partial charge in [0.25, 0.3) is 0 Å². The fourth-order valence-corrected chi connectivity index (χ4v) is 4.71. The number of nitrogens with one attached hydrogen (secondary N) is 1. The molecule has 0 radical (unpaired) electrons. The van der Waals surface area contributed by atoms with Crippen molar-refractivity contribution in [1.82, 2.24) is 5.16 Å². The van der Waals surface area contributed by atoms with E-state index in [-0.39, 0.29) is 17.6 Å². The molecule has 1 aliphatic carbocycles. The molecule has 31 heavy (non-hydrogen) atoms. The number of aryl methyl sites for hydroxylation is 1. The number of anilines is 1. The van der Waals surface area contributed by atoms with Gasteiger partial charge in [-0.2, -0.15) is 0 Å². The molecule has 0 fully saturated rings. The van der Waals surface area contributed by atoms with E-state index in [0.29, 0.717) is 12.3 Å². The Bertz CT molecular complexity index is 1160. The SMILES string of the molecule is COc1ccc([C@@H]2CC(=O)C3=C(C2)Nc2onc(C)c2[C@@H]3c2ccc(OC)cc2)cc1. The molecule has 1 aromatic heterocycles. The lowest BCUT2D eigenvalue weighted by Crippen LogP contribution is -2.29. The van der Waals surface area contributed by atoms with Crippen molar-refractivity contribution in [3.05, 3.63) is 82.2 Å². The number of ketones is 1. The van der Waals surface area contributed by atoms with Gasteiger partial charge in [-0.3, -0.25) is 4.79 Å². The molecule has 2 aliphatic rings. The van der Waals surface area contributed by atoms with Crippen molar-refractivity contribution in [2.24, 2.45) is 0 Å². The lowest BCUT2D eigenvalue weighted by molar-refractivity contribution is -0.116. The van der Waals surface area contributed by atoms with E-state index in [1.54, 1.807) is 14.2 Å². The number of rotatable bonds is 4. The number of carbonyl (C=O) groups is 1. The normalized spacial score (nSPS) is 20.0. The van der Waals surface area contributed by atoms with Crippen LogP contribution in [0.25, 0.3) is 0 Å². The van der Waals surface area contributed by atoms with E-state index in [2.05, 4.69) is 10.5 Å². The maximum absolute atomic E-state index is 13.5. The van der Waals surface area contributed by atoms with Crippen LogP contribution in [0.15, 0.2) is 64.3 Å². The molecule has 5 rings (SSSR count). The molecule has 0 bridgehead atoms. The van der Waals surface area contributed by atoms with Crippen LogP contribution in [-0.4, -0.2) is 25.2 Å². The third-order valence-corrected chi connectivity index (χ3v) is 6.29. The monoisotopic (exact) mass is 416 g/mol. The van der Waals surface area contributed by atoms with Crippen LogP contribution in [-0.2, 0) is 4.79 Å². The third kappa shape index (κ3) is 3.28. The van der Waals surface area contributed by atoms with Crippen LogP contribution >= 0.6 is 0 Å². The molecule has 0 saturated carbocycles. The van der Waals surface area contributed by atoms with Gasteiger partial charge >= 0.3 is 0 Å². The molecule has 6 heteroatoms. The largest absolute Gasteiger partial charge is 0.497 e. The predicted molar refractivity (Wildman–Crippen MR) is 117 cm³/mol. The molecule has 0 amide bonds. The Morgan fingerprint density at radius 1 is 0.935 bits per heavy atom. The summed E-state index contributed by atoms with van der Waals surface area (Å²) in [6, 6.07) is 15.8. The van der Waals surface area contributed by atoms with Crippen molar-refractivity contribution in [3.63, 3.8) is 0 Å². The molecule has 1 aliphatic heterocycles. The third-order valence-electron chi connectivity index (χ3n) is 6.29. The van der Waals surface area contributed by atoms with E-state index in [1.165, 1.54) is 0 Å². The van der Waals surface area contributed by atoms with Crippen molar-refractivity contribution < 1.29 is 18.8 Å². The van der Waals surface area contributed by atoms with Crippen molar-refractivity contribution in [2.75, 3.05) is 19.5 Å². The van der Waals surface area contributed by atoms with Gasteiger partial charge in [0.05, 0.1) is 25.5 Å². The highest BCUT2D eigenvalue weighted by Crippen LogP contribution is 2.49. The highest BCUT2D eigenvalue weighted by molar-refractivity contribution is 6.01. The summed E-state index contributed by atoms with van der Waals surface area (Å²) in [5.74, 6) is 2.27. The van der Waals surface area contributed by atoms with Crippen LogP contribution in [0.4, 0.5) is 5.88 Å². The number of nitrogens with zero attached hydrogens (tertiary/aromatic N) is 1. The van der Waals surface area contributed by atoms with Gasteiger partial charge in [0.2, 0.25) is 5.88 Å². The van der Waals surface area contributed by atoms with E-state index >= 15 is 0 Å². The van der Waals surface area contributed by atoms with Gasteiger partial charge in [-0.05, 0) is 54.7 Å². The number of methoxy groups -OCH3 is 2. The fraction of sp³-hybridized carbons (Fsp3) is 0.280. The number of benzene rings is 2. The molecule has 2 heterocycles. The zero-order chi connectivity index (χ0) is 21.5. The van der Waals surface area contributed by atoms with Crippen molar-refractivity contribution in [3.8, 4) is 11.5 Å². The molecule has 6 nitrogen and oxygen atoms in total. The van der Waals surface area contributed by atoms with Crippen molar-refractivity contribution in [1.29, 1.82) is 0 Å². The predicted octanol–water partition coefficient (Wildman–Crippen LogP) is 4.96. The van der Waals surface area contributed by atoms with Crippen LogP contribution in [0.2, 0.25) is 0 Å². The first-order valence-electron chi connectivity index (χ1n) is 10.4. The Hall–Kier alpha value is -3.54. The minimum atomic E-state index is -0.201. The van der Waals surface area contributed by atoms with Crippen molar-refractivity contribution >= 4 is 11.7 Å². The van der Waals surface area contributed by atoms with E-state index in [0.717, 1.165) is 51.6 Å². The number of aromatic nitrogens is 1. The molecule has 158 valence electrons. The fourth-order valence-electron chi connectivity index (χ4n) is 4.71. The van der Waals surface area contributed by atoms with Gasteiger partial charge in [0.15, 0.2) is 5.78 Å². The first-order chi connectivity index (χ1) is 15.1. The van der Waals surface area contributed by atoms with Gasteiger partial charge in [-0.1, -0.05) is 29.4 Å². The Morgan fingerprint density at radius 2 is 1.55 bits per heavy atom. The summed E-state index contributed by atoms with van der Waals surface area (Å²) in [5, 5.41) is 7.55. The summed E-state index contributed by atoms with van der Waals surface area (Å²) in [6.45, 7) is 1.92. The number of carbonyl (C=O) groups excluding carboxylic acids is 1. The first kappa shape index (κ1) is 19.4. The van der Waals surface area contributed by atoms with Gasteiger partial charge < -0.3 is 19.3 Å². The molecular weight excluding hydrogens is 392 g/mol. The number of ether oxygens (including phenoxy) is 2. The number of allylic oxidation sites excluding steroid dienone is 2. The van der Waals surface area contributed by atoms with Gasteiger partial charge in [0.1, 0.15) is 11.5 Å². The zero-order valence-corrected chi connectivity index (χ0v) is 17.8. The Kier molecular flexibility index (Phi) is 4.77. The number of hydrogen-bond acceptors (Lipinski definition) is 6. The average molecular weight is 416 g/mol. The summed E-state index contributed by atoms with van der Waals surface area (Å²) in [6.07, 6.45) is 1.21. The Labute approximate surface area is 180 Å². The highest BCUT2D eigenvalue weighted by Gasteiger charge is 2.41. The maximum Gasteiger partial charge on any atom is 0.233 e. The topological polar surface area (TPSA) is 73.6 Å². The van der Waals surface area contributed by atoms with Crippen LogP contribution in [0, 0.1) is 6.92 Å².